The number of nitrogens with zero attached hydrogens (tertiary/aromatic N) is 5. The number of ether oxygens (including phenoxy) is 1. The van der Waals surface area contributed by atoms with Crippen LogP contribution in [0, 0.1) is 11.3 Å². The standard InChI is InChI=1S/C25H35N5O3/c1-27(2)23(31)30-18-12-25(21-6-3-4-7-22(21)30)10-16-28(17-11-25)20-8-14-29(15-9-20)24(32)33-19-5-13-26/h3-4,6-7,20H,5,8-12,14-19H2,1-2H3. The molecule has 3 heterocycles. The van der Waals surface area contributed by atoms with Crippen LogP contribution >= 0.6 is 0 Å². The smallest absolute Gasteiger partial charge is 0.409 e. The van der Waals surface area contributed by atoms with E-state index in [9.17, 15) is 9.59 Å². The van der Waals surface area contributed by atoms with Gasteiger partial charge in [-0.3, -0.25) is 4.90 Å². The fourth-order valence-electron chi connectivity index (χ4n) is 5.70. The molecule has 4 rings (SSSR count). The number of urea groups is 1. The van der Waals surface area contributed by atoms with Gasteiger partial charge in [-0.05, 0) is 56.8 Å². The molecule has 0 N–H and O–H groups in total. The van der Waals surface area contributed by atoms with Crippen LogP contribution in [0.25, 0.3) is 0 Å². The number of amides is 3. The van der Waals surface area contributed by atoms with Crippen LogP contribution in [-0.2, 0) is 10.2 Å². The number of fused-ring (bicyclic) bond motifs is 2. The van der Waals surface area contributed by atoms with Gasteiger partial charge in [0.25, 0.3) is 0 Å². The molecule has 8 heteroatoms. The molecule has 178 valence electrons. The lowest BCUT2D eigenvalue weighted by atomic mass is 9.67. The predicted molar refractivity (Wildman–Crippen MR) is 126 cm³/mol. The van der Waals surface area contributed by atoms with Crippen molar-refractivity contribution in [1.29, 1.82) is 5.26 Å². The zero-order valence-corrected chi connectivity index (χ0v) is 19.8. The highest BCUT2D eigenvalue weighted by molar-refractivity contribution is 5.93. The summed E-state index contributed by atoms with van der Waals surface area (Å²) in [5, 5.41) is 8.59. The number of carbonyl (C=O) groups is 2. The monoisotopic (exact) mass is 453 g/mol. The minimum Gasteiger partial charge on any atom is -0.448 e. The fourth-order valence-corrected chi connectivity index (χ4v) is 5.70. The fraction of sp³-hybridized carbons (Fsp3) is 0.640. The third-order valence-electron chi connectivity index (χ3n) is 7.63. The molecule has 1 spiro atoms. The van der Waals surface area contributed by atoms with E-state index in [-0.39, 0.29) is 30.6 Å². The Hall–Kier alpha value is -2.79. The highest BCUT2D eigenvalue weighted by Gasteiger charge is 2.43. The van der Waals surface area contributed by atoms with Gasteiger partial charge in [0.05, 0.1) is 12.5 Å². The van der Waals surface area contributed by atoms with Crippen LogP contribution in [0.15, 0.2) is 24.3 Å². The Kier molecular flexibility index (Phi) is 7.08. The molecule has 0 saturated carbocycles. The molecule has 0 radical (unpaired) electrons. The minimum absolute atomic E-state index is 0.0487. The molecular formula is C25H35N5O3. The molecule has 1 aromatic carbocycles. The first-order chi connectivity index (χ1) is 15.9. The van der Waals surface area contributed by atoms with E-state index in [1.807, 2.05) is 31.1 Å². The molecule has 2 saturated heterocycles. The van der Waals surface area contributed by atoms with Crippen molar-refractivity contribution in [1.82, 2.24) is 14.7 Å². The average Bonchev–Trinajstić information content (AvgIpc) is 2.85. The topological polar surface area (TPSA) is 80.1 Å². The number of rotatable bonds is 3. The summed E-state index contributed by atoms with van der Waals surface area (Å²) in [7, 11) is 3.62. The Labute approximate surface area is 196 Å². The molecule has 33 heavy (non-hydrogen) atoms. The van der Waals surface area contributed by atoms with Gasteiger partial charge >= 0.3 is 12.1 Å². The van der Waals surface area contributed by atoms with Crippen molar-refractivity contribution in [3.8, 4) is 6.07 Å². The van der Waals surface area contributed by atoms with E-state index in [1.54, 1.807) is 9.80 Å². The molecular weight excluding hydrogens is 418 g/mol. The van der Waals surface area contributed by atoms with E-state index in [4.69, 9.17) is 10.00 Å². The number of likely N-dealkylation sites (tertiary alicyclic amines) is 2. The summed E-state index contributed by atoms with van der Waals surface area (Å²) in [6, 6.07) is 11.0. The van der Waals surface area contributed by atoms with Gasteiger partial charge in [0.2, 0.25) is 0 Å². The zero-order valence-electron chi connectivity index (χ0n) is 19.8. The van der Waals surface area contributed by atoms with Crippen molar-refractivity contribution in [2.45, 2.75) is 50.0 Å². The summed E-state index contributed by atoms with van der Waals surface area (Å²) in [5.74, 6) is 0. The zero-order chi connectivity index (χ0) is 23.4. The largest absolute Gasteiger partial charge is 0.448 e. The van der Waals surface area contributed by atoms with Gasteiger partial charge in [0, 0.05) is 50.9 Å². The third-order valence-corrected chi connectivity index (χ3v) is 7.63. The molecule has 3 amide bonds. The number of piperidine rings is 2. The van der Waals surface area contributed by atoms with Crippen molar-refractivity contribution in [2.75, 3.05) is 58.3 Å². The second-order valence-electron chi connectivity index (χ2n) is 9.65. The first-order valence-electron chi connectivity index (χ1n) is 12.1. The third kappa shape index (κ3) is 4.79. The average molecular weight is 454 g/mol. The van der Waals surface area contributed by atoms with Crippen molar-refractivity contribution in [3.05, 3.63) is 29.8 Å². The summed E-state index contributed by atoms with van der Waals surface area (Å²) in [4.78, 5) is 32.8. The Bertz CT molecular complexity index is 896. The van der Waals surface area contributed by atoms with Crippen LogP contribution in [0.1, 0.15) is 44.1 Å². The van der Waals surface area contributed by atoms with E-state index in [1.165, 1.54) is 5.56 Å². The summed E-state index contributed by atoms with van der Waals surface area (Å²) in [5.41, 5.74) is 2.53. The van der Waals surface area contributed by atoms with E-state index >= 15 is 0 Å². The Balaban J connectivity index is 1.35. The second-order valence-corrected chi connectivity index (χ2v) is 9.65. The van der Waals surface area contributed by atoms with Crippen molar-refractivity contribution in [2.24, 2.45) is 0 Å². The molecule has 0 unspecified atom stereocenters. The highest BCUT2D eigenvalue weighted by Crippen LogP contribution is 2.47. The quantitative estimate of drug-likeness (QED) is 0.655. The molecule has 1 aromatic rings. The molecule has 3 aliphatic rings. The minimum atomic E-state index is -0.295. The van der Waals surface area contributed by atoms with Gasteiger partial charge in [-0.15, -0.1) is 0 Å². The van der Waals surface area contributed by atoms with Crippen LogP contribution in [-0.4, -0.2) is 86.3 Å². The van der Waals surface area contributed by atoms with E-state index in [0.29, 0.717) is 19.1 Å². The van der Waals surface area contributed by atoms with E-state index in [0.717, 1.165) is 57.4 Å². The molecule has 3 aliphatic heterocycles. The summed E-state index contributed by atoms with van der Waals surface area (Å²) < 4.78 is 5.17. The number of nitriles is 1. The summed E-state index contributed by atoms with van der Waals surface area (Å²) >= 11 is 0. The van der Waals surface area contributed by atoms with Crippen molar-refractivity contribution >= 4 is 17.8 Å². The van der Waals surface area contributed by atoms with Crippen LogP contribution in [0.2, 0.25) is 0 Å². The van der Waals surface area contributed by atoms with Gasteiger partial charge < -0.3 is 19.4 Å². The maximum atomic E-state index is 12.7. The Morgan fingerprint density at radius 3 is 2.42 bits per heavy atom. The summed E-state index contributed by atoms with van der Waals surface area (Å²) in [6.45, 7) is 4.45. The predicted octanol–water partition coefficient (Wildman–Crippen LogP) is 3.43. The van der Waals surface area contributed by atoms with Crippen molar-refractivity contribution in [3.63, 3.8) is 0 Å². The second kappa shape index (κ2) is 10.0. The lowest BCUT2D eigenvalue weighted by Crippen LogP contribution is -2.54. The first kappa shape index (κ1) is 23.4. The van der Waals surface area contributed by atoms with Crippen LogP contribution in [0.4, 0.5) is 15.3 Å². The number of benzene rings is 1. The molecule has 8 nitrogen and oxygen atoms in total. The summed E-state index contributed by atoms with van der Waals surface area (Å²) in [6.07, 6.45) is 5.07. The first-order valence-corrected chi connectivity index (χ1v) is 12.1. The molecule has 0 aromatic heterocycles. The van der Waals surface area contributed by atoms with Gasteiger partial charge in [0.1, 0.15) is 6.61 Å². The lowest BCUT2D eigenvalue weighted by molar-refractivity contribution is 0.0536. The van der Waals surface area contributed by atoms with Crippen molar-refractivity contribution < 1.29 is 14.3 Å². The number of anilines is 1. The lowest BCUT2D eigenvalue weighted by Gasteiger charge is -2.50. The molecule has 2 fully saturated rings. The van der Waals surface area contributed by atoms with Gasteiger partial charge in [-0.2, -0.15) is 5.26 Å². The van der Waals surface area contributed by atoms with E-state index < -0.39 is 0 Å². The van der Waals surface area contributed by atoms with E-state index in [2.05, 4.69) is 23.1 Å². The number of hydrogen-bond acceptors (Lipinski definition) is 5. The molecule has 0 aliphatic carbocycles. The van der Waals surface area contributed by atoms with Gasteiger partial charge in [-0.1, -0.05) is 18.2 Å². The Morgan fingerprint density at radius 2 is 1.76 bits per heavy atom. The SMILES string of the molecule is CN(C)C(=O)N1CCC2(CCN(C3CCN(C(=O)OCCC#N)CC3)CC2)c2ccccc21. The maximum absolute atomic E-state index is 12.7. The number of carbonyl (C=O) groups excluding carboxylic acids is 2. The van der Waals surface area contributed by atoms with Gasteiger partial charge in [-0.25, -0.2) is 9.59 Å². The number of hydrogen-bond donors (Lipinski definition) is 0. The van der Waals surface area contributed by atoms with Gasteiger partial charge in [0.15, 0.2) is 0 Å². The molecule has 0 bridgehead atoms. The van der Waals surface area contributed by atoms with Crippen LogP contribution in [0.3, 0.4) is 0 Å². The van der Waals surface area contributed by atoms with Crippen LogP contribution < -0.4 is 4.90 Å². The van der Waals surface area contributed by atoms with Crippen LogP contribution in [0.5, 0.6) is 0 Å². The number of para-hydroxylation sites is 1. The normalized spacial score (nSPS) is 20.8. The Morgan fingerprint density at radius 1 is 1.09 bits per heavy atom. The molecule has 0 atom stereocenters. The highest BCUT2D eigenvalue weighted by atomic mass is 16.6. The maximum Gasteiger partial charge on any atom is 0.409 e.